The second kappa shape index (κ2) is 6.76. The van der Waals surface area contributed by atoms with Crippen LogP contribution in [0.15, 0.2) is 24.3 Å². The van der Waals surface area contributed by atoms with Gasteiger partial charge in [-0.1, -0.05) is 37.6 Å². The summed E-state index contributed by atoms with van der Waals surface area (Å²) in [7, 11) is 2.13. The Morgan fingerprint density at radius 3 is 2.55 bits per heavy atom. The van der Waals surface area contributed by atoms with Gasteiger partial charge in [-0.2, -0.15) is 23.5 Å². The molecule has 1 aromatic rings. The highest BCUT2D eigenvalue weighted by Gasteiger charge is 2.33. The number of rotatable bonds is 4. The molecule has 0 bridgehead atoms. The van der Waals surface area contributed by atoms with E-state index in [-0.39, 0.29) is 0 Å². The molecule has 1 aliphatic carbocycles. The van der Waals surface area contributed by atoms with E-state index in [1.807, 2.05) is 0 Å². The maximum absolute atomic E-state index is 3.63. The van der Waals surface area contributed by atoms with Gasteiger partial charge in [0.25, 0.3) is 0 Å². The van der Waals surface area contributed by atoms with E-state index in [4.69, 9.17) is 0 Å². The molecule has 0 amide bonds. The Labute approximate surface area is 131 Å². The Balaban J connectivity index is 1.88. The van der Waals surface area contributed by atoms with Crippen LogP contribution in [0.1, 0.15) is 49.3 Å². The van der Waals surface area contributed by atoms with Crippen molar-refractivity contribution in [3.8, 4) is 0 Å². The van der Waals surface area contributed by atoms with Crippen LogP contribution in [-0.4, -0.2) is 29.1 Å². The Hall–Kier alpha value is -0.120. The van der Waals surface area contributed by atoms with Crippen LogP contribution in [-0.2, 0) is 0 Å². The van der Waals surface area contributed by atoms with E-state index in [1.54, 1.807) is 11.1 Å². The molecule has 3 unspecified atom stereocenters. The minimum absolute atomic E-state index is 0.500. The van der Waals surface area contributed by atoms with Gasteiger partial charge >= 0.3 is 0 Å². The number of hydrogen-bond donors (Lipinski definition) is 1. The SMILES string of the molecule is CNC(c1ccccc1C1CCC1)C1SCCSC1C. The van der Waals surface area contributed by atoms with Crippen molar-refractivity contribution >= 4 is 23.5 Å². The average molecular weight is 308 g/mol. The van der Waals surface area contributed by atoms with Crippen LogP contribution in [0.2, 0.25) is 0 Å². The van der Waals surface area contributed by atoms with Gasteiger partial charge in [-0.15, -0.1) is 0 Å². The van der Waals surface area contributed by atoms with Gasteiger partial charge in [0, 0.05) is 28.0 Å². The molecule has 3 heteroatoms. The molecule has 3 atom stereocenters. The van der Waals surface area contributed by atoms with Crippen molar-refractivity contribution in [2.24, 2.45) is 0 Å². The maximum Gasteiger partial charge on any atom is 0.0451 e. The Bertz CT molecular complexity index is 444. The summed E-state index contributed by atoms with van der Waals surface area (Å²) in [5, 5.41) is 5.06. The summed E-state index contributed by atoms with van der Waals surface area (Å²) < 4.78 is 0. The fourth-order valence-electron chi connectivity index (χ4n) is 3.40. The molecule has 1 heterocycles. The third-order valence-electron chi connectivity index (χ3n) is 4.75. The molecule has 2 fully saturated rings. The topological polar surface area (TPSA) is 12.0 Å². The monoisotopic (exact) mass is 307 g/mol. The van der Waals surface area contributed by atoms with Gasteiger partial charge in [0.05, 0.1) is 0 Å². The van der Waals surface area contributed by atoms with Gasteiger partial charge in [-0.05, 0) is 36.9 Å². The molecule has 1 nitrogen and oxygen atoms in total. The first-order chi connectivity index (χ1) is 9.81. The minimum atomic E-state index is 0.500. The number of hydrogen-bond acceptors (Lipinski definition) is 3. The lowest BCUT2D eigenvalue weighted by Crippen LogP contribution is -2.37. The first-order valence-electron chi connectivity index (χ1n) is 7.80. The summed E-state index contributed by atoms with van der Waals surface area (Å²) in [6, 6.07) is 9.67. The van der Waals surface area contributed by atoms with Crippen molar-refractivity contribution in [3.05, 3.63) is 35.4 Å². The zero-order valence-electron chi connectivity index (χ0n) is 12.5. The lowest BCUT2D eigenvalue weighted by atomic mass is 9.77. The minimum Gasteiger partial charge on any atom is -0.312 e. The number of benzene rings is 1. The number of nitrogens with one attached hydrogen (secondary N) is 1. The van der Waals surface area contributed by atoms with Crippen LogP contribution in [0.3, 0.4) is 0 Å². The summed E-state index contributed by atoms with van der Waals surface area (Å²) in [6.45, 7) is 2.40. The van der Waals surface area contributed by atoms with Crippen molar-refractivity contribution < 1.29 is 0 Å². The van der Waals surface area contributed by atoms with Gasteiger partial charge in [0.1, 0.15) is 0 Å². The quantitative estimate of drug-likeness (QED) is 0.882. The molecule has 20 heavy (non-hydrogen) atoms. The highest BCUT2D eigenvalue weighted by Crippen LogP contribution is 2.43. The van der Waals surface area contributed by atoms with Crippen LogP contribution >= 0.6 is 23.5 Å². The van der Waals surface area contributed by atoms with Gasteiger partial charge in [-0.25, -0.2) is 0 Å². The van der Waals surface area contributed by atoms with E-state index in [0.29, 0.717) is 11.3 Å². The third kappa shape index (κ3) is 2.90. The largest absolute Gasteiger partial charge is 0.312 e. The van der Waals surface area contributed by atoms with E-state index < -0.39 is 0 Å². The van der Waals surface area contributed by atoms with E-state index in [1.165, 1.54) is 30.8 Å². The van der Waals surface area contributed by atoms with Crippen molar-refractivity contribution in [1.29, 1.82) is 0 Å². The van der Waals surface area contributed by atoms with Crippen LogP contribution in [0.5, 0.6) is 0 Å². The molecular formula is C17H25NS2. The molecule has 1 aromatic carbocycles. The van der Waals surface area contributed by atoms with Crippen molar-refractivity contribution in [1.82, 2.24) is 5.32 Å². The van der Waals surface area contributed by atoms with E-state index in [2.05, 4.69) is 67.1 Å². The summed E-state index contributed by atoms with van der Waals surface area (Å²) in [4.78, 5) is 0. The van der Waals surface area contributed by atoms with Crippen molar-refractivity contribution in [3.63, 3.8) is 0 Å². The molecule has 0 radical (unpaired) electrons. The molecule has 1 aliphatic heterocycles. The van der Waals surface area contributed by atoms with Gasteiger partial charge in [-0.3, -0.25) is 0 Å². The summed E-state index contributed by atoms with van der Waals surface area (Å²) in [5.74, 6) is 3.42. The van der Waals surface area contributed by atoms with Crippen molar-refractivity contribution in [2.45, 2.75) is 48.6 Å². The second-order valence-corrected chi connectivity index (χ2v) is 8.71. The van der Waals surface area contributed by atoms with Crippen molar-refractivity contribution in [2.75, 3.05) is 18.6 Å². The highest BCUT2D eigenvalue weighted by molar-refractivity contribution is 8.07. The zero-order chi connectivity index (χ0) is 13.9. The Kier molecular flexibility index (Phi) is 5.00. The molecular weight excluding hydrogens is 282 g/mol. The fraction of sp³-hybridized carbons (Fsp3) is 0.647. The second-order valence-electron chi connectivity index (χ2n) is 5.93. The van der Waals surface area contributed by atoms with E-state index in [0.717, 1.165) is 11.2 Å². The first kappa shape index (κ1) is 14.8. The molecule has 110 valence electrons. The molecule has 0 spiro atoms. The molecule has 1 N–H and O–H groups in total. The molecule has 1 saturated heterocycles. The summed E-state index contributed by atoms with van der Waals surface area (Å²) in [6.07, 6.45) is 4.18. The van der Waals surface area contributed by atoms with Gasteiger partial charge in [0.15, 0.2) is 0 Å². The van der Waals surface area contributed by atoms with Crippen LogP contribution in [0.4, 0.5) is 0 Å². The van der Waals surface area contributed by atoms with Crippen LogP contribution in [0, 0.1) is 0 Å². The summed E-state index contributed by atoms with van der Waals surface area (Å²) >= 11 is 4.30. The van der Waals surface area contributed by atoms with E-state index in [9.17, 15) is 0 Å². The predicted octanol–water partition coefficient (Wildman–Crippen LogP) is 4.45. The van der Waals surface area contributed by atoms with Crippen LogP contribution in [0.25, 0.3) is 0 Å². The van der Waals surface area contributed by atoms with E-state index >= 15 is 0 Å². The third-order valence-corrected chi connectivity index (χ3v) is 7.95. The Morgan fingerprint density at radius 2 is 1.90 bits per heavy atom. The number of thioether (sulfide) groups is 2. The maximum atomic E-state index is 3.63. The standard InChI is InChI=1S/C17H25NS2/c1-12-17(20-11-10-19-12)16(18-2)15-9-4-3-8-14(15)13-6-5-7-13/h3-4,8-9,12-13,16-18H,5-7,10-11H2,1-2H3. The molecule has 0 aromatic heterocycles. The highest BCUT2D eigenvalue weighted by atomic mass is 32.2. The average Bonchev–Trinajstić information content (AvgIpc) is 2.41. The van der Waals surface area contributed by atoms with Crippen LogP contribution < -0.4 is 5.32 Å². The smallest absolute Gasteiger partial charge is 0.0451 e. The normalized spacial score (nSPS) is 28.9. The predicted molar refractivity (Wildman–Crippen MR) is 93.0 cm³/mol. The molecule has 3 rings (SSSR count). The lowest BCUT2D eigenvalue weighted by Gasteiger charge is -2.37. The van der Waals surface area contributed by atoms with Gasteiger partial charge in [0.2, 0.25) is 0 Å². The first-order valence-corrected chi connectivity index (χ1v) is 9.90. The van der Waals surface area contributed by atoms with Gasteiger partial charge < -0.3 is 5.32 Å². The fourth-order valence-corrected chi connectivity index (χ4v) is 6.38. The molecule has 1 saturated carbocycles. The lowest BCUT2D eigenvalue weighted by molar-refractivity contribution is 0.411. The Morgan fingerprint density at radius 1 is 1.15 bits per heavy atom. The zero-order valence-corrected chi connectivity index (χ0v) is 14.1. The molecule has 2 aliphatic rings. The summed E-state index contributed by atoms with van der Waals surface area (Å²) in [5.41, 5.74) is 3.17.